The second kappa shape index (κ2) is 7.13. The van der Waals surface area contributed by atoms with Crippen molar-refractivity contribution in [1.82, 2.24) is 15.3 Å². The van der Waals surface area contributed by atoms with E-state index in [0.717, 1.165) is 5.56 Å². The Morgan fingerprint density at radius 3 is 2.17 bits per heavy atom. The van der Waals surface area contributed by atoms with Crippen LogP contribution in [0.1, 0.15) is 19.4 Å². The second-order valence-corrected chi connectivity index (χ2v) is 4.28. The molecule has 1 heterocycles. The molecule has 102 valence electrons. The summed E-state index contributed by atoms with van der Waals surface area (Å²) in [4.78, 5) is 8.08. The van der Waals surface area contributed by atoms with Crippen molar-refractivity contribution in [1.29, 1.82) is 0 Å². The Hall–Kier alpha value is -1.40. The zero-order valence-corrected chi connectivity index (χ0v) is 11.3. The highest BCUT2D eigenvalue weighted by molar-refractivity contribution is 5.34. The second-order valence-electron chi connectivity index (χ2n) is 4.28. The highest BCUT2D eigenvalue weighted by Gasteiger charge is 2.16. The molecule has 0 aromatic carbocycles. The van der Waals surface area contributed by atoms with Gasteiger partial charge in [-0.1, -0.05) is 13.8 Å². The molecule has 0 saturated heterocycles. The van der Waals surface area contributed by atoms with E-state index in [1.54, 1.807) is 14.2 Å². The SMILES string of the molecule is COc1ncnc(OC)c1CN[C@H](CO)C(C)C. The van der Waals surface area contributed by atoms with Crippen molar-refractivity contribution in [3.05, 3.63) is 11.9 Å². The van der Waals surface area contributed by atoms with Crippen LogP contribution in [0.15, 0.2) is 6.33 Å². The van der Waals surface area contributed by atoms with Gasteiger partial charge in [0.1, 0.15) is 6.33 Å². The summed E-state index contributed by atoms with van der Waals surface area (Å²) < 4.78 is 10.4. The Labute approximate surface area is 107 Å². The van der Waals surface area contributed by atoms with Gasteiger partial charge in [0, 0.05) is 12.6 Å². The maximum atomic E-state index is 9.27. The first kappa shape index (κ1) is 14.7. The third-order valence-corrected chi connectivity index (χ3v) is 2.80. The van der Waals surface area contributed by atoms with Gasteiger partial charge in [-0.15, -0.1) is 0 Å². The molecular weight excluding hydrogens is 234 g/mol. The van der Waals surface area contributed by atoms with Crippen LogP contribution in [0.25, 0.3) is 0 Å². The lowest BCUT2D eigenvalue weighted by molar-refractivity contribution is 0.209. The average molecular weight is 255 g/mol. The van der Waals surface area contributed by atoms with Crippen LogP contribution in [-0.4, -0.2) is 41.9 Å². The third-order valence-electron chi connectivity index (χ3n) is 2.80. The number of aliphatic hydroxyl groups excluding tert-OH is 1. The summed E-state index contributed by atoms with van der Waals surface area (Å²) in [5, 5.41) is 12.5. The van der Waals surface area contributed by atoms with Gasteiger partial charge in [0.25, 0.3) is 0 Å². The number of aromatic nitrogens is 2. The quantitative estimate of drug-likeness (QED) is 0.743. The van der Waals surface area contributed by atoms with E-state index in [0.29, 0.717) is 24.2 Å². The summed E-state index contributed by atoms with van der Waals surface area (Å²) in [5.41, 5.74) is 0.751. The van der Waals surface area contributed by atoms with Crippen LogP contribution in [0.2, 0.25) is 0 Å². The van der Waals surface area contributed by atoms with Crippen molar-refractivity contribution in [3.63, 3.8) is 0 Å². The molecule has 0 bridgehead atoms. The van der Waals surface area contributed by atoms with Gasteiger partial charge in [-0.2, -0.15) is 0 Å². The van der Waals surface area contributed by atoms with Crippen LogP contribution in [-0.2, 0) is 6.54 Å². The molecular formula is C12H21N3O3. The normalized spacial score (nSPS) is 12.6. The van der Waals surface area contributed by atoms with Crippen molar-refractivity contribution in [3.8, 4) is 11.8 Å². The minimum Gasteiger partial charge on any atom is -0.481 e. The Bertz CT molecular complexity index is 349. The van der Waals surface area contributed by atoms with Crippen molar-refractivity contribution >= 4 is 0 Å². The number of rotatable bonds is 7. The van der Waals surface area contributed by atoms with Crippen LogP contribution in [0.5, 0.6) is 11.8 Å². The molecule has 2 N–H and O–H groups in total. The Morgan fingerprint density at radius 2 is 1.78 bits per heavy atom. The number of ether oxygens (including phenoxy) is 2. The standard InChI is InChI=1S/C12H21N3O3/c1-8(2)10(6-16)13-5-9-11(17-3)14-7-15-12(9)18-4/h7-8,10,13,16H,5-6H2,1-4H3/t10-/m1/s1. The minimum absolute atomic E-state index is 0.0135. The summed E-state index contributed by atoms with van der Waals surface area (Å²) in [5.74, 6) is 1.29. The lowest BCUT2D eigenvalue weighted by Crippen LogP contribution is -2.36. The molecule has 6 nitrogen and oxygen atoms in total. The highest BCUT2D eigenvalue weighted by Crippen LogP contribution is 2.23. The van der Waals surface area contributed by atoms with Gasteiger partial charge >= 0.3 is 0 Å². The predicted molar refractivity (Wildman–Crippen MR) is 67.7 cm³/mol. The maximum Gasteiger partial charge on any atom is 0.224 e. The summed E-state index contributed by atoms with van der Waals surface area (Å²) >= 11 is 0. The molecule has 1 aromatic heterocycles. The Morgan fingerprint density at radius 1 is 1.22 bits per heavy atom. The molecule has 0 amide bonds. The van der Waals surface area contributed by atoms with E-state index in [1.165, 1.54) is 6.33 Å². The van der Waals surface area contributed by atoms with Gasteiger partial charge in [-0.25, -0.2) is 9.97 Å². The number of methoxy groups -OCH3 is 2. The predicted octanol–water partition coefficient (Wildman–Crippen LogP) is 0.600. The fourth-order valence-corrected chi connectivity index (χ4v) is 1.63. The summed E-state index contributed by atoms with van der Waals surface area (Å²) in [6, 6.07) is 0.0135. The molecule has 0 aliphatic carbocycles. The van der Waals surface area contributed by atoms with Crippen LogP contribution >= 0.6 is 0 Å². The lowest BCUT2D eigenvalue weighted by Gasteiger charge is -2.20. The molecule has 0 aliphatic heterocycles. The number of nitrogens with one attached hydrogen (secondary N) is 1. The van der Waals surface area contributed by atoms with Crippen molar-refractivity contribution in [2.75, 3.05) is 20.8 Å². The van der Waals surface area contributed by atoms with Gasteiger partial charge in [0.05, 0.1) is 26.4 Å². The zero-order chi connectivity index (χ0) is 13.5. The first-order valence-corrected chi connectivity index (χ1v) is 5.90. The molecule has 1 aromatic rings. The van der Waals surface area contributed by atoms with E-state index in [1.807, 2.05) is 13.8 Å². The topological polar surface area (TPSA) is 76.5 Å². The summed E-state index contributed by atoms with van der Waals surface area (Å²) in [6.07, 6.45) is 1.40. The van der Waals surface area contributed by atoms with E-state index in [2.05, 4.69) is 15.3 Å². The van der Waals surface area contributed by atoms with Crippen molar-refractivity contribution < 1.29 is 14.6 Å². The molecule has 1 rings (SSSR count). The van der Waals surface area contributed by atoms with Crippen LogP contribution < -0.4 is 14.8 Å². The maximum absolute atomic E-state index is 9.27. The fourth-order valence-electron chi connectivity index (χ4n) is 1.63. The summed E-state index contributed by atoms with van der Waals surface area (Å²) in [7, 11) is 3.11. The van der Waals surface area contributed by atoms with E-state index < -0.39 is 0 Å². The molecule has 0 radical (unpaired) electrons. The molecule has 0 spiro atoms. The van der Waals surface area contributed by atoms with E-state index in [9.17, 15) is 5.11 Å². The molecule has 0 aliphatic rings. The average Bonchev–Trinajstić information content (AvgIpc) is 2.38. The number of nitrogens with zero attached hydrogens (tertiary/aromatic N) is 2. The largest absolute Gasteiger partial charge is 0.481 e. The van der Waals surface area contributed by atoms with E-state index in [-0.39, 0.29) is 12.6 Å². The van der Waals surface area contributed by atoms with Gasteiger partial charge in [0.2, 0.25) is 11.8 Å². The Balaban J connectivity index is 2.82. The molecule has 0 saturated carbocycles. The van der Waals surface area contributed by atoms with E-state index in [4.69, 9.17) is 9.47 Å². The number of aliphatic hydroxyl groups is 1. The first-order valence-electron chi connectivity index (χ1n) is 5.90. The Kier molecular flexibility index (Phi) is 5.80. The molecule has 6 heteroatoms. The number of hydrogen-bond acceptors (Lipinski definition) is 6. The monoisotopic (exact) mass is 255 g/mol. The number of hydrogen-bond donors (Lipinski definition) is 2. The van der Waals surface area contributed by atoms with Gasteiger partial charge in [-0.05, 0) is 5.92 Å². The molecule has 18 heavy (non-hydrogen) atoms. The third kappa shape index (κ3) is 3.54. The van der Waals surface area contributed by atoms with Crippen LogP contribution in [0.3, 0.4) is 0 Å². The van der Waals surface area contributed by atoms with Gasteiger partial charge in [-0.3, -0.25) is 0 Å². The van der Waals surface area contributed by atoms with E-state index >= 15 is 0 Å². The molecule has 0 unspecified atom stereocenters. The lowest BCUT2D eigenvalue weighted by atomic mass is 10.1. The summed E-state index contributed by atoms with van der Waals surface area (Å²) in [6.45, 7) is 4.65. The van der Waals surface area contributed by atoms with Crippen molar-refractivity contribution in [2.45, 2.75) is 26.4 Å². The van der Waals surface area contributed by atoms with Crippen molar-refractivity contribution in [2.24, 2.45) is 5.92 Å². The fraction of sp³-hybridized carbons (Fsp3) is 0.667. The highest BCUT2D eigenvalue weighted by atomic mass is 16.5. The van der Waals surface area contributed by atoms with Crippen LogP contribution in [0.4, 0.5) is 0 Å². The molecule has 1 atom stereocenters. The molecule has 0 fully saturated rings. The first-order chi connectivity index (χ1) is 8.63. The van der Waals surface area contributed by atoms with Crippen LogP contribution in [0, 0.1) is 5.92 Å². The zero-order valence-electron chi connectivity index (χ0n) is 11.3. The van der Waals surface area contributed by atoms with Gasteiger partial charge < -0.3 is 19.9 Å². The smallest absolute Gasteiger partial charge is 0.224 e. The minimum atomic E-state index is 0.0135. The van der Waals surface area contributed by atoms with Gasteiger partial charge in [0.15, 0.2) is 0 Å².